The predicted molar refractivity (Wildman–Crippen MR) is 144 cm³/mol. The second-order valence-electron chi connectivity index (χ2n) is 8.61. The third-order valence-corrected chi connectivity index (χ3v) is 7.69. The molecule has 8 nitrogen and oxygen atoms in total. The molecule has 0 fully saturated rings. The number of anilines is 1. The minimum Gasteiger partial charge on any atom is -0.494 e. The molecule has 1 N–H and O–H groups in total. The van der Waals surface area contributed by atoms with Gasteiger partial charge in [0.1, 0.15) is 30.0 Å². The first kappa shape index (κ1) is 29.6. The van der Waals surface area contributed by atoms with Gasteiger partial charge in [0.05, 0.1) is 17.2 Å². The Hall–Kier alpha value is -3.99. The monoisotopic (exact) mass is 559 g/mol. The number of hydrogen-bond donors (Lipinski definition) is 1. The number of ether oxygens (including phenoxy) is 1. The number of rotatable bonds is 12. The number of sulfonamides is 1. The molecular formula is C28H31F2N3O5S. The zero-order valence-corrected chi connectivity index (χ0v) is 22.8. The number of carbonyl (C=O) groups is 2. The minimum atomic E-state index is -4.33. The highest BCUT2D eigenvalue weighted by Gasteiger charge is 2.32. The molecule has 39 heavy (non-hydrogen) atoms. The molecule has 0 aromatic heterocycles. The summed E-state index contributed by atoms with van der Waals surface area (Å²) in [6, 6.07) is 14.9. The maximum Gasteiger partial charge on any atom is 0.264 e. The summed E-state index contributed by atoms with van der Waals surface area (Å²) in [5, 5.41) is 2.67. The molecule has 0 aliphatic heterocycles. The number of halogens is 2. The molecular weight excluding hydrogens is 528 g/mol. The quantitative estimate of drug-likeness (QED) is 0.360. The third kappa shape index (κ3) is 7.53. The standard InChI is InChI=1S/C28H31F2N3O5S/c1-4-31-28(35)20(3)32(18-21-6-8-22(29)9-7-21)27(34)19-33(24-12-14-25(15-13-24)38-5-2)39(36,37)26-16-10-23(30)11-17-26/h6-17,20H,4-5,18-19H2,1-3H3,(H,31,35). The van der Waals surface area contributed by atoms with Crippen LogP contribution in [0.5, 0.6) is 5.75 Å². The van der Waals surface area contributed by atoms with E-state index < -0.39 is 46.1 Å². The van der Waals surface area contributed by atoms with Gasteiger partial charge >= 0.3 is 0 Å². The van der Waals surface area contributed by atoms with Crippen LogP contribution in [0.25, 0.3) is 0 Å². The van der Waals surface area contributed by atoms with Crippen LogP contribution in [-0.4, -0.2) is 50.9 Å². The fraction of sp³-hybridized carbons (Fsp3) is 0.286. The van der Waals surface area contributed by atoms with Crippen molar-refractivity contribution in [3.05, 3.63) is 90.0 Å². The molecule has 0 heterocycles. The Morgan fingerprint density at radius 3 is 2.00 bits per heavy atom. The van der Waals surface area contributed by atoms with Gasteiger partial charge < -0.3 is 15.0 Å². The molecule has 0 spiro atoms. The third-order valence-electron chi connectivity index (χ3n) is 5.90. The lowest BCUT2D eigenvalue weighted by Crippen LogP contribution is -2.51. The molecule has 0 aliphatic carbocycles. The predicted octanol–water partition coefficient (Wildman–Crippen LogP) is 4.11. The van der Waals surface area contributed by atoms with Gasteiger partial charge in [0.15, 0.2) is 0 Å². The second kappa shape index (κ2) is 13.2. The van der Waals surface area contributed by atoms with Crippen LogP contribution >= 0.6 is 0 Å². The van der Waals surface area contributed by atoms with Crippen LogP contribution in [0.3, 0.4) is 0 Å². The lowest BCUT2D eigenvalue weighted by Gasteiger charge is -2.32. The van der Waals surface area contributed by atoms with Crippen LogP contribution in [0.1, 0.15) is 26.3 Å². The van der Waals surface area contributed by atoms with Crippen LogP contribution in [-0.2, 0) is 26.2 Å². The van der Waals surface area contributed by atoms with Crippen LogP contribution < -0.4 is 14.4 Å². The number of benzene rings is 3. The number of nitrogens with one attached hydrogen (secondary N) is 1. The van der Waals surface area contributed by atoms with Crippen LogP contribution in [0.4, 0.5) is 14.5 Å². The second-order valence-corrected chi connectivity index (χ2v) is 10.5. The molecule has 2 amide bonds. The van der Waals surface area contributed by atoms with Crippen molar-refractivity contribution in [3.63, 3.8) is 0 Å². The van der Waals surface area contributed by atoms with Crippen molar-refractivity contribution in [3.8, 4) is 5.75 Å². The van der Waals surface area contributed by atoms with Gasteiger partial charge in [-0.05, 0) is 87.0 Å². The first-order valence-electron chi connectivity index (χ1n) is 12.4. The van der Waals surface area contributed by atoms with E-state index in [-0.39, 0.29) is 17.1 Å². The first-order valence-corrected chi connectivity index (χ1v) is 13.8. The summed E-state index contributed by atoms with van der Waals surface area (Å²) >= 11 is 0. The van der Waals surface area contributed by atoms with E-state index in [0.29, 0.717) is 24.5 Å². The van der Waals surface area contributed by atoms with Crippen molar-refractivity contribution in [2.24, 2.45) is 0 Å². The normalized spacial score (nSPS) is 11.9. The van der Waals surface area contributed by atoms with Crippen molar-refractivity contribution in [1.29, 1.82) is 0 Å². The highest BCUT2D eigenvalue weighted by atomic mass is 32.2. The number of likely N-dealkylation sites (N-methyl/N-ethyl adjacent to an activating group) is 1. The van der Waals surface area contributed by atoms with Crippen molar-refractivity contribution >= 4 is 27.5 Å². The number of amides is 2. The summed E-state index contributed by atoms with van der Waals surface area (Å²) in [6.45, 7) is 5.10. The topological polar surface area (TPSA) is 96.0 Å². The van der Waals surface area contributed by atoms with Crippen molar-refractivity contribution < 1.29 is 31.5 Å². The average Bonchev–Trinajstić information content (AvgIpc) is 2.92. The fourth-order valence-corrected chi connectivity index (χ4v) is 5.24. The molecule has 0 saturated carbocycles. The summed E-state index contributed by atoms with van der Waals surface area (Å²) in [6.07, 6.45) is 0. The van der Waals surface area contributed by atoms with Crippen LogP contribution in [0, 0.1) is 11.6 Å². The summed E-state index contributed by atoms with van der Waals surface area (Å²) in [7, 11) is -4.33. The van der Waals surface area contributed by atoms with Crippen LogP contribution in [0.15, 0.2) is 77.7 Å². The maximum absolute atomic E-state index is 13.7. The molecule has 3 rings (SSSR count). The molecule has 0 bridgehead atoms. The largest absolute Gasteiger partial charge is 0.494 e. The van der Waals surface area contributed by atoms with E-state index in [1.165, 1.54) is 48.2 Å². The Morgan fingerprint density at radius 1 is 0.897 bits per heavy atom. The van der Waals surface area contributed by atoms with Gasteiger partial charge in [-0.15, -0.1) is 0 Å². The van der Waals surface area contributed by atoms with Gasteiger partial charge in [0.2, 0.25) is 11.8 Å². The van der Waals surface area contributed by atoms with Gasteiger partial charge in [-0.25, -0.2) is 17.2 Å². The van der Waals surface area contributed by atoms with Crippen molar-refractivity contribution in [1.82, 2.24) is 10.2 Å². The molecule has 0 radical (unpaired) electrons. The van der Waals surface area contributed by atoms with Crippen LogP contribution in [0.2, 0.25) is 0 Å². The summed E-state index contributed by atoms with van der Waals surface area (Å²) < 4.78 is 60.8. The van der Waals surface area contributed by atoms with E-state index in [1.54, 1.807) is 19.1 Å². The zero-order valence-electron chi connectivity index (χ0n) is 21.9. The lowest BCUT2D eigenvalue weighted by molar-refractivity contribution is -0.139. The van der Waals surface area contributed by atoms with Gasteiger partial charge in [-0.1, -0.05) is 12.1 Å². The van der Waals surface area contributed by atoms with Gasteiger partial charge in [-0.3, -0.25) is 13.9 Å². The zero-order chi connectivity index (χ0) is 28.6. The Bertz CT molecular complexity index is 1370. The van der Waals surface area contributed by atoms with Gasteiger partial charge in [0.25, 0.3) is 10.0 Å². The van der Waals surface area contributed by atoms with Gasteiger partial charge in [0, 0.05) is 13.1 Å². The highest BCUT2D eigenvalue weighted by molar-refractivity contribution is 7.92. The smallest absolute Gasteiger partial charge is 0.264 e. The first-order chi connectivity index (χ1) is 18.6. The molecule has 1 atom stereocenters. The van der Waals surface area contributed by atoms with E-state index in [0.717, 1.165) is 28.6 Å². The van der Waals surface area contributed by atoms with Gasteiger partial charge in [-0.2, -0.15) is 0 Å². The number of hydrogen-bond acceptors (Lipinski definition) is 5. The van der Waals surface area contributed by atoms with E-state index in [9.17, 15) is 26.8 Å². The van der Waals surface area contributed by atoms with Crippen molar-refractivity contribution in [2.75, 3.05) is 24.0 Å². The Labute approximate surface area is 227 Å². The Morgan fingerprint density at radius 2 is 1.46 bits per heavy atom. The van der Waals surface area contributed by atoms with Crippen molar-refractivity contribution in [2.45, 2.75) is 38.3 Å². The summed E-state index contributed by atoms with van der Waals surface area (Å²) in [5.41, 5.74) is 0.721. The molecule has 208 valence electrons. The molecule has 1 unspecified atom stereocenters. The molecule has 0 aliphatic rings. The minimum absolute atomic E-state index is 0.0644. The van der Waals surface area contributed by atoms with E-state index in [1.807, 2.05) is 6.92 Å². The summed E-state index contributed by atoms with van der Waals surface area (Å²) in [5.74, 6) is -1.66. The summed E-state index contributed by atoms with van der Waals surface area (Å²) in [4.78, 5) is 27.4. The van der Waals surface area contributed by atoms with E-state index in [2.05, 4.69) is 5.32 Å². The SMILES string of the molecule is CCNC(=O)C(C)N(Cc1ccc(F)cc1)C(=O)CN(c1ccc(OCC)cc1)S(=O)(=O)c1ccc(F)cc1. The lowest BCUT2D eigenvalue weighted by atomic mass is 10.1. The molecule has 3 aromatic carbocycles. The Balaban J connectivity index is 2.02. The fourth-order valence-electron chi connectivity index (χ4n) is 3.83. The number of carbonyl (C=O) groups excluding carboxylic acids is 2. The maximum atomic E-state index is 13.7. The Kier molecular flexibility index (Phi) is 10.00. The van der Waals surface area contributed by atoms with E-state index >= 15 is 0 Å². The molecule has 3 aromatic rings. The number of nitrogens with zero attached hydrogens (tertiary/aromatic N) is 2. The highest BCUT2D eigenvalue weighted by Crippen LogP contribution is 2.27. The molecule has 0 saturated heterocycles. The van der Waals surface area contributed by atoms with E-state index in [4.69, 9.17) is 4.74 Å². The average molecular weight is 560 g/mol. The molecule has 11 heteroatoms.